The van der Waals surface area contributed by atoms with Gasteiger partial charge in [0, 0.05) is 25.4 Å². The summed E-state index contributed by atoms with van der Waals surface area (Å²) in [6.45, 7) is 0. The number of thioether (sulfide) groups is 1. The molecule has 5 aromatic rings. The lowest BCUT2D eigenvalue weighted by Crippen LogP contribution is -2.30. The van der Waals surface area contributed by atoms with Crippen molar-refractivity contribution in [1.29, 1.82) is 0 Å². The molecule has 0 fully saturated rings. The van der Waals surface area contributed by atoms with Crippen LogP contribution in [0.25, 0.3) is 6.08 Å². The van der Waals surface area contributed by atoms with Crippen LogP contribution in [0.3, 0.4) is 0 Å². The maximum atomic E-state index is 13.5. The molecule has 9 heteroatoms. The summed E-state index contributed by atoms with van der Waals surface area (Å²) in [4.78, 5) is 40.6. The summed E-state index contributed by atoms with van der Waals surface area (Å²) in [7, 11) is 0. The molecule has 0 bridgehead atoms. The van der Waals surface area contributed by atoms with E-state index < -0.39 is 11.2 Å². The van der Waals surface area contributed by atoms with Crippen molar-refractivity contribution in [3.05, 3.63) is 152 Å². The monoisotopic (exact) mass is 715 g/mol. The zero-order valence-electron chi connectivity index (χ0n) is 22.7. The van der Waals surface area contributed by atoms with Gasteiger partial charge in [-0.25, -0.2) is 0 Å². The third-order valence-electron chi connectivity index (χ3n) is 6.18. The van der Waals surface area contributed by atoms with Crippen LogP contribution >= 0.6 is 45.7 Å². The maximum Gasteiger partial charge on any atom is 0.272 e. The molecule has 6 nitrogen and oxygen atoms in total. The second kappa shape index (κ2) is 14.8. The quantitative estimate of drug-likeness (QED) is 0.0773. The highest BCUT2D eigenvalue weighted by atomic mass is 127. The molecule has 43 heavy (non-hydrogen) atoms. The minimum absolute atomic E-state index is 0.115. The minimum atomic E-state index is -0.536. The number of carbonyl (C=O) groups excluding carboxylic acids is 3. The highest BCUT2D eigenvalue weighted by Crippen LogP contribution is 2.37. The fourth-order valence-corrected chi connectivity index (χ4v) is 6.15. The van der Waals surface area contributed by atoms with Crippen LogP contribution in [0.4, 0.5) is 11.4 Å². The first-order chi connectivity index (χ1) is 20.9. The molecule has 0 radical (unpaired) electrons. The van der Waals surface area contributed by atoms with Crippen LogP contribution in [0.15, 0.2) is 137 Å². The lowest BCUT2D eigenvalue weighted by molar-refractivity contribution is -0.116. The first-order valence-electron chi connectivity index (χ1n) is 13.2. The number of nitrogens with one attached hydrogen (secondary N) is 3. The summed E-state index contributed by atoms with van der Waals surface area (Å²) in [5.74, 6) is -1.00. The number of amides is 3. The minimum Gasteiger partial charge on any atom is -0.325 e. The molecule has 0 aliphatic carbocycles. The number of benzene rings is 4. The van der Waals surface area contributed by atoms with Crippen molar-refractivity contribution >= 4 is 80.9 Å². The number of rotatable bonds is 10. The number of anilines is 2. The van der Waals surface area contributed by atoms with Crippen LogP contribution in [0.2, 0.25) is 0 Å². The smallest absolute Gasteiger partial charge is 0.272 e. The molecule has 0 aliphatic rings. The van der Waals surface area contributed by atoms with E-state index >= 15 is 0 Å². The molecule has 3 amide bonds. The van der Waals surface area contributed by atoms with Crippen LogP contribution in [0.5, 0.6) is 0 Å². The first-order valence-corrected chi connectivity index (χ1v) is 16.1. The molecule has 0 spiro atoms. The molecule has 3 N–H and O–H groups in total. The largest absolute Gasteiger partial charge is 0.325 e. The molecular weight excluding hydrogens is 689 g/mol. The third kappa shape index (κ3) is 8.66. The Morgan fingerprint density at radius 3 is 2.19 bits per heavy atom. The summed E-state index contributed by atoms with van der Waals surface area (Å²) in [5.41, 5.74) is 3.47. The Hall–Kier alpha value is -4.19. The lowest BCUT2D eigenvalue weighted by Gasteiger charge is -2.18. The number of carbonyl (C=O) groups is 3. The van der Waals surface area contributed by atoms with E-state index in [1.807, 2.05) is 95.7 Å². The SMILES string of the molecule is O=C(Nc1cccc(SC(C(=O)Nc2ccc(I)cc2)c2ccccc2)c1)/C(=C/c1ccsc1)NC(=O)c1ccccc1. The second-order valence-electron chi connectivity index (χ2n) is 9.32. The Bertz CT molecular complexity index is 1730. The molecule has 1 heterocycles. The Morgan fingerprint density at radius 1 is 0.767 bits per heavy atom. The van der Waals surface area contributed by atoms with Crippen molar-refractivity contribution in [2.24, 2.45) is 0 Å². The Balaban J connectivity index is 1.35. The van der Waals surface area contributed by atoms with Gasteiger partial charge in [-0.3, -0.25) is 14.4 Å². The molecule has 4 aromatic carbocycles. The van der Waals surface area contributed by atoms with Gasteiger partial charge in [0.2, 0.25) is 5.91 Å². The molecule has 0 aliphatic heterocycles. The lowest BCUT2D eigenvalue weighted by atomic mass is 10.1. The van der Waals surface area contributed by atoms with Crippen LogP contribution in [-0.4, -0.2) is 17.7 Å². The van der Waals surface area contributed by atoms with Gasteiger partial charge in [-0.2, -0.15) is 11.3 Å². The van der Waals surface area contributed by atoms with Crippen molar-refractivity contribution in [2.45, 2.75) is 10.1 Å². The van der Waals surface area contributed by atoms with E-state index in [9.17, 15) is 14.4 Å². The second-order valence-corrected chi connectivity index (χ2v) is 12.5. The van der Waals surface area contributed by atoms with Gasteiger partial charge in [-0.1, -0.05) is 54.6 Å². The van der Waals surface area contributed by atoms with E-state index in [-0.39, 0.29) is 17.5 Å². The third-order valence-corrected chi connectivity index (χ3v) is 8.85. The Labute approximate surface area is 271 Å². The number of thiophene rings is 1. The van der Waals surface area contributed by atoms with Gasteiger partial charge in [-0.05, 0) is 111 Å². The average molecular weight is 716 g/mol. The van der Waals surface area contributed by atoms with Crippen LogP contribution in [0, 0.1) is 3.57 Å². The summed E-state index contributed by atoms with van der Waals surface area (Å²) < 4.78 is 1.08. The highest BCUT2D eigenvalue weighted by molar-refractivity contribution is 14.1. The zero-order chi connectivity index (χ0) is 30.0. The van der Waals surface area contributed by atoms with Crippen molar-refractivity contribution < 1.29 is 14.4 Å². The fraction of sp³-hybridized carbons (Fsp3) is 0.0294. The number of halogens is 1. The van der Waals surface area contributed by atoms with Gasteiger partial charge in [0.1, 0.15) is 10.9 Å². The number of hydrogen-bond donors (Lipinski definition) is 3. The summed E-state index contributed by atoms with van der Waals surface area (Å²) >= 11 is 5.11. The topological polar surface area (TPSA) is 87.3 Å². The van der Waals surface area contributed by atoms with E-state index in [4.69, 9.17) is 0 Å². The van der Waals surface area contributed by atoms with Crippen molar-refractivity contribution in [2.75, 3.05) is 10.6 Å². The predicted octanol–water partition coefficient (Wildman–Crippen LogP) is 8.23. The average Bonchev–Trinajstić information content (AvgIpc) is 3.55. The van der Waals surface area contributed by atoms with Gasteiger partial charge in [-0.15, -0.1) is 11.8 Å². The van der Waals surface area contributed by atoms with E-state index in [0.29, 0.717) is 11.3 Å². The predicted molar refractivity (Wildman–Crippen MR) is 184 cm³/mol. The Kier molecular flexibility index (Phi) is 10.4. The first kappa shape index (κ1) is 30.3. The van der Waals surface area contributed by atoms with Crippen molar-refractivity contribution in [1.82, 2.24) is 5.32 Å². The molecule has 0 saturated carbocycles. The van der Waals surface area contributed by atoms with Gasteiger partial charge in [0.15, 0.2) is 0 Å². The van der Waals surface area contributed by atoms with Gasteiger partial charge >= 0.3 is 0 Å². The van der Waals surface area contributed by atoms with E-state index in [1.54, 1.807) is 36.4 Å². The molecule has 1 unspecified atom stereocenters. The highest BCUT2D eigenvalue weighted by Gasteiger charge is 2.23. The normalized spacial score (nSPS) is 11.8. The van der Waals surface area contributed by atoms with Crippen molar-refractivity contribution in [3.63, 3.8) is 0 Å². The Morgan fingerprint density at radius 2 is 1.49 bits per heavy atom. The standard InChI is InChI=1S/C34H26IN3O3S2/c35-26-14-16-27(17-15-26)36-34(41)31(24-8-3-1-4-9-24)43-29-13-7-12-28(21-29)37-33(40)30(20-23-18-19-42-22-23)38-32(39)25-10-5-2-6-11-25/h1-22,31H,(H,36,41)(H,37,40)(H,38,39)/b30-20-. The van der Waals surface area contributed by atoms with Crippen LogP contribution < -0.4 is 16.0 Å². The van der Waals surface area contributed by atoms with Gasteiger partial charge in [0.25, 0.3) is 11.8 Å². The van der Waals surface area contributed by atoms with Gasteiger partial charge < -0.3 is 16.0 Å². The summed E-state index contributed by atoms with van der Waals surface area (Å²) in [5, 5.41) is 11.9. The molecule has 0 saturated heterocycles. The van der Waals surface area contributed by atoms with Crippen molar-refractivity contribution in [3.8, 4) is 0 Å². The molecule has 1 aromatic heterocycles. The number of hydrogen-bond acceptors (Lipinski definition) is 5. The van der Waals surface area contributed by atoms with Crippen LogP contribution in [0.1, 0.15) is 26.7 Å². The summed E-state index contributed by atoms with van der Waals surface area (Å²) in [6, 6.07) is 35.1. The molecule has 1 atom stereocenters. The molecular formula is C34H26IN3O3S2. The van der Waals surface area contributed by atoms with Gasteiger partial charge in [0.05, 0.1) is 0 Å². The van der Waals surface area contributed by atoms with E-state index in [0.717, 1.165) is 25.3 Å². The summed E-state index contributed by atoms with van der Waals surface area (Å²) in [6.07, 6.45) is 1.64. The molecule has 5 rings (SSSR count). The van der Waals surface area contributed by atoms with Crippen LogP contribution in [-0.2, 0) is 9.59 Å². The van der Waals surface area contributed by atoms with E-state index in [1.165, 1.54) is 23.1 Å². The zero-order valence-corrected chi connectivity index (χ0v) is 26.5. The molecule has 214 valence electrons. The maximum absolute atomic E-state index is 13.5. The van der Waals surface area contributed by atoms with E-state index in [2.05, 4.69) is 38.5 Å². The fourth-order valence-electron chi connectivity index (χ4n) is 4.09.